The normalized spacial score (nSPS) is 9.90. The van der Waals surface area contributed by atoms with E-state index in [2.05, 4.69) is 10.5 Å². The first-order valence-electron chi connectivity index (χ1n) is 5.65. The van der Waals surface area contributed by atoms with Gasteiger partial charge in [0.25, 0.3) is 5.91 Å². The summed E-state index contributed by atoms with van der Waals surface area (Å²) in [6.45, 7) is 0. The van der Waals surface area contributed by atoms with E-state index in [4.69, 9.17) is 19.5 Å². The fourth-order valence-electron chi connectivity index (χ4n) is 1.47. The Kier molecular flexibility index (Phi) is 5.84. The number of hydrazone groups is 1. The number of hydrogen-bond donors (Lipinski definition) is 1. The molecule has 0 saturated heterocycles. The first-order chi connectivity index (χ1) is 9.65. The number of amides is 1. The van der Waals surface area contributed by atoms with Crippen molar-refractivity contribution in [1.82, 2.24) is 5.43 Å². The van der Waals surface area contributed by atoms with Crippen molar-refractivity contribution in [3.05, 3.63) is 17.7 Å². The number of nitrogens with zero attached hydrogens (tertiary/aromatic N) is 2. The minimum atomic E-state index is -0.476. The predicted octanol–water partition coefficient (Wildman–Crippen LogP) is 1.08. The van der Waals surface area contributed by atoms with Crippen molar-refractivity contribution in [2.24, 2.45) is 5.10 Å². The zero-order chi connectivity index (χ0) is 15.0. The van der Waals surface area contributed by atoms with Gasteiger partial charge in [-0.05, 0) is 12.1 Å². The molecule has 0 fully saturated rings. The summed E-state index contributed by atoms with van der Waals surface area (Å²) in [6.07, 6.45) is 1.17. The lowest BCUT2D eigenvalue weighted by Crippen LogP contribution is -2.16. The lowest BCUT2D eigenvalue weighted by Gasteiger charge is -2.12. The number of nitrogens with one attached hydrogen (secondary N) is 1. The molecule has 1 rings (SSSR count). The summed E-state index contributed by atoms with van der Waals surface area (Å²) >= 11 is 0. The molecule has 0 atom stereocenters. The number of hydrogen-bond acceptors (Lipinski definition) is 6. The zero-order valence-corrected chi connectivity index (χ0v) is 11.5. The SMILES string of the molecule is COc1cc(/C=N\NC(=O)CC#N)cc(OC)c1OC. The molecule has 7 heteroatoms. The maximum Gasteiger partial charge on any atom is 0.254 e. The number of rotatable bonds is 6. The Morgan fingerprint density at radius 3 is 2.35 bits per heavy atom. The summed E-state index contributed by atoms with van der Waals surface area (Å²) in [7, 11) is 4.52. The van der Waals surface area contributed by atoms with Gasteiger partial charge < -0.3 is 14.2 Å². The number of carbonyl (C=O) groups excluding carboxylic acids is 1. The largest absolute Gasteiger partial charge is 0.493 e. The van der Waals surface area contributed by atoms with Gasteiger partial charge in [0.2, 0.25) is 5.75 Å². The summed E-state index contributed by atoms with van der Waals surface area (Å²) in [5.41, 5.74) is 2.88. The van der Waals surface area contributed by atoms with Crippen molar-refractivity contribution in [2.45, 2.75) is 6.42 Å². The number of carbonyl (C=O) groups is 1. The molecule has 0 aliphatic heterocycles. The number of methoxy groups -OCH3 is 3. The van der Waals surface area contributed by atoms with Crippen LogP contribution < -0.4 is 19.6 Å². The van der Waals surface area contributed by atoms with Gasteiger partial charge in [0.15, 0.2) is 11.5 Å². The highest BCUT2D eigenvalue weighted by Crippen LogP contribution is 2.37. The third kappa shape index (κ3) is 3.88. The molecule has 1 aromatic rings. The van der Waals surface area contributed by atoms with Crippen molar-refractivity contribution < 1.29 is 19.0 Å². The van der Waals surface area contributed by atoms with Crippen LogP contribution in [0.1, 0.15) is 12.0 Å². The third-order valence-electron chi connectivity index (χ3n) is 2.33. The van der Waals surface area contributed by atoms with Crippen LogP contribution in [0.4, 0.5) is 0 Å². The summed E-state index contributed by atoms with van der Waals surface area (Å²) < 4.78 is 15.6. The lowest BCUT2D eigenvalue weighted by molar-refractivity contribution is -0.120. The Morgan fingerprint density at radius 2 is 1.90 bits per heavy atom. The second-order valence-electron chi connectivity index (χ2n) is 3.59. The Hall–Kier alpha value is -2.75. The van der Waals surface area contributed by atoms with E-state index in [-0.39, 0.29) is 6.42 Å². The van der Waals surface area contributed by atoms with Crippen LogP contribution in [0, 0.1) is 11.3 Å². The molecular formula is C13H15N3O4. The molecule has 0 aliphatic rings. The van der Waals surface area contributed by atoms with E-state index in [1.54, 1.807) is 18.2 Å². The summed E-state index contributed by atoms with van der Waals surface area (Å²) in [5, 5.41) is 12.1. The average molecular weight is 277 g/mol. The Bertz CT molecular complexity index is 524. The van der Waals surface area contributed by atoms with E-state index in [1.165, 1.54) is 27.5 Å². The van der Waals surface area contributed by atoms with E-state index in [1.807, 2.05) is 0 Å². The highest BCUT2D eigenvalue weighted by atomic mass is 16.5. The fraction of sp³-hybridized carbons (Fsp3) is 0.308. The molecule has 106 valence electrons. The molecule has 1 amide bonds. The lowest BCUT2D eigenvalue weighted by atomic mass is 10.2. The molecule has 0 radical (unpaired) electrons. The molecule has 1 N–H and O–H groups in total. The van der Waals surface area contributed by atoms with E-state index >= 15 is 0 Å². The van der Waals surface area contributed by atoms with Crippen LogP contribution in [0.15, 0.2) is 17.2 Å². The number of benzene rings is 1. The smallest absolute Gasteiger partial charge is 0.254 e. The van der Waals surface area contributed by atoms with Crippen molar-refractivity contribution in [3.8, 4) is 23.3 Å². The third-order valence-corrected chi connectivity index (χ3v) is 2.33. The fourth-order valence-corrected chi connectivity index (χ4v) is 1.47. The minimum Gasteiger partial charge on any atom is -0.493 e. The van der Waals surface area contributed by atoms with Gasteiger partial charge in [0.1, 0.15) is 6.42 Å². The molecule has 0 aromatic heterocycles. The van der Waals surface area contributed by atoms with Crippen molar-refractivity contribution in [1.29, 1.82) is 5.26 Å². The first-order valence-corrected chi connectivity index (χ1v) is 5.65. The second kappa shape index (κ2) is 7.63. The molecule has 0 spiro atoms. The molecular weight excluding hydrogens is 262 g/mol. The van der Waals surface area contributed by atoms with Gasteiger partial charge in [-0.15, -0.1) is 0 Å². The van der Waals surface area contributed by atoms with Gasteiger partial charge in [0, 0.05) is 5.56 Å². The van der Waals surface area contributed by atoms with Gasteiger partial charge in [-0.1, -0.05) is 0 Å². The summed E-state index contributed by atoms with van der Waals surface area (Å²) in [4.78, 5) is 11.1. The minimum absolute atomic E-state index is 0.243. The van der Waals surface area contributed by atoms with Crippen molar-refractivity contribution >= 4 is 12.1 Å². The predicted molar refractivity (Wildman–Crippen MR) is 72.1 cm³/mol. The van der Waals surface area contributed by atoms with Crippen molar-refractivity contribution in [3.63, 3.8) is 0 Å². The maximum absolute atomic E-state index is 11.1. The number of ether oxygens (including phenoxy) is 3. The monoisotopic (exact) mass is 277 g/mol. The maximum atomic E-state index is 11.1. The van der Waals surface area contributed by atoms with E-state index in [9.17, 15) is 4.79 Å². The molecule has 0 saturated carbocycles. The average Bonchev–Trinajstić information content (AvgIpc) is 2.46. The van der Waals surface area contributed by atoms with Crippen LogP contribution in [-0.2, 0) is 4.79 Å². The summed E-state index contributed by atoms with van der Waals surface area (Å²) in [6, 6.07) is 5.09. The Morgan fingerprint density at radius 1 is 1.30 bits per heavy atom. The van der Waals surface area contributed by atoms with Crippen LogP contribution in [0.2, 0.25) is 0 Å². The molecule has 0 aliphatic carbocycles. The van der Waals surface area contributed by atoms with E-state index < -0.39 is 5.91 Å². The van der Waals surface area contributed by atoms with Crippen LogP contribution >= 0.6 is 0 Å². The molecule has 7 nitrogen and oxygen atoms in total. The summed E-state index contributed by atoms with van der Waals surface area (Å²) in [5.74, 6) is 0.963. The highest BCUT2D eigenvalue weighted by Gasteiger charge is 2.12. The first kappa shape index (κ1) is 15.3. The Balaban J connectivity index is 2.94. The molecule has 1 aromatic carbocycles. The van der Waals surface area contributed by atoms with E-state index in [0.717, 1.165) is 0 Å². The van der Waals surface area contributed by atoms with Crippen LogP contribution in [0.3, 0.4) is 0 Å². The van der Waals surface area contributed by atoms with Crippen molar-refractivity contribution in [2.75, 3.05) is 21.3 Å². The Labute approximate surface area is 116 Å². The van der Waals surface area contributed by atoms with Gasteiger partial charge in [-0.25, -0.2) is 5.43 Å². The molecule has 0 unspecified atom stereocenters. The van der Waals surface area contributed by atoms with Gasteiger partial charge >= 0.3 is 0 Å². The van der Waals surface area contributed by atoms with Gasteiger partial charge in [0.05, 0.1) is 33.6 Å². The standard InChI is InChI=1S/C13H15N3O4/c1-18-10-6-9(7-11(19-2)13(10)20-3)8-15-16-12(17)4-5-14/h6-8H,4H2,1-3H3,(H,16,17)/b15-8-. The topological polar surface area (TPSA) is 92.9 Å². The van der Waals surface area contributed by atoms with Crippen LogP contribution in [-0.4, -0.2) is 33.5 Å². The van der Waals surface area contributed by atoms with Gasteiger partial charge in [-0.3, -0.25) is 4.79 Å². The van der Waals surface area contributed by atoms with Gasteiger partial charge in [-0.2, -0.15) is 10.4 Å². The van der Waals surface area contributed by atoms with Crippen LogP contribution in [0.25, 0.3) is 0 Å². The number of nitriles is 1. The quantitative estimate of drug-likeness (QED) is 0.620. The molecule has 0 bridgehead atoms. The molecule has 20 heavy (non-hydrogen) atoms. The highest BCUT2D eigenvalue weighted by molar-refractivity contribution is 5.84. The van der Waals surface area contributed by atoms with E-state index in [0.29, 0.717) is 22.8 Å². The second-order valence-corrected chi connectivity index (χ2v) is 3.59. The zero-order valence-electron chi connectivity index (χ0n) is 11.5. The van der Waals surface area contributed by atoms with Crippen LogP contribution in [0.5, 0.6) is 17.2 Å². The molecule has 0 heterocycles.